The van der Waals surface area contributed by atoms with Crippen molar-refractivity contribution in [2.24, 2.45) is 0 Å². The van der Waals surface area contributed by atoms with Crippen LogP contribution in [0.4, 0.5) is 0 Å². The van der Waals surface area contributed by atoms with Crippen molar-refractivity contribution in [1.82, 2.24) is 20.1 Å². The number of carbonyl (C=O) groups is 1. The minimum atomic E-state index is -0.0632. The molecule has 6 nitrogen and oxygen atoms in total. The summed E-state index contributed by atoms with van der Waals surface area (Å²) in [6, 6.07) is 20.9. The number of amides is 1. The number of aromatic nitrogens is 3. The van der Waals surface area contributed by atoms with Crippen LogP contribution in [0.15, 0.2) is 72.9 Å². The van der Waals surface area contributed by atoms with E-state index in [0.717, 1.165) is 22.2 Å². The number of hydrogen-bond acceptors (Lipinski definition) is 4. The SMILES string of the molecule is O=C(Cc1cn(-c2ccc(Cl)nn2)c2ccccc12)NCCOc1ccccc1. The van der Waals surface area contributed by atoms with Gasteiger partial charge in [-0.1, -0.05) is 48.0 Å². The highest BCUT2D eigenvalue weighted by molar-refractivity contribution is 6.29. The van der Waals surface area contributed by atoms with E-state index in [1.807, 2.05) is 65.4 Å². The van der Waals surface area contributed by atoms with Crippen molar-refractivity contribution >= 4 is 28.4 Å². The van der Waals surface area contributed by atoms with E-state index in [-0.39, 0.29) is 12.3 Å². The van der Waals surface area contributed by atoms with Gasteiger partial charge < -0.3 is 10.1 Å². The molecule has 0 atom stereocenters. The zero-order valence-electron chi connectivity index (χ0n) is 15.6. The summed E-state index contributed by atoms with van der Waals surface area (Å²) >= 11 is 5.84. The van der Waals surface area contributed by atoms with E-state index in [1.165, 1.54) is 0 Å². The molecule has 0 unspecified atom stereocenters. The number of fused-ring (bicyclic) bond motifs is 1. The largest absolute Gasteiger partial charge is 0.492 e. The molecule has 0 aliphatic heterocycles. The van der Waals surface area contributed by atoms with Gasteiger partial charge in [0.2, 0.25) is 5.91 Å². The van der Waals surface area contributed by atoms with Crippen molar-refractivity contribution < 1.29 is 9.53 Å². The van der Waals surface area contributed by atoms with Gasteiger partial charge in [-0.3, -0.25) is 9.36 Å². The van der Waals surface area contributed by atoms with Crippen molar-refractivity contribution in [2.45, 2.75) is 6.42 Å². The van der Waals surface area contributed by atoms with Crippen LogP contribution in [0.1, 0.15) is 5.56 Å². The van der Waals surface area contributed by atoms with Crippen molar-refractivity contribution in [1.29, 1.82) is 0 Å². The van der Waals surface area contributed by atoms with Gasteiger partial charge in [-0.2, -0.15) is 0 Å². The minimum Gasteiger partial charge on any atom is -0.492 e. The van der Waals surface area contributed by atoms with E-state index >= 15 is 0 Å². The molecule has 2 aromatic carbocycles. The van der Waals surface area contributed by atoms with Crippen LogP contribution < -0.4 is 10.1 Å². The van der Waals surface area contributed by atoms with Crippen LogP contribution in [0.3, 0.4) is 0 Å². The summed E-state index contributed by atoms with van der Waals surface area (Å²) < 4.78 is 7.52. The number of nitrogens with one attached hydrogen (secondary N) is 1. The molecule has 146 valence electrons. The zero-order valence-corrected chi connectivity index (χ0v) is 16.3. The standard InChI is InChI=1S/C22H19ClN4O2/c23-20-10-11-21(26-25-20)27-15-16(18-8-4-5-9-19(18)27)14-22(28)24-12-13-29-17-6-2-1-3-7-17/h1-11,15H,12-14H2,(H,24,28). The number of halogens is 1. The summed E-state index contributed by atoms with van der Waals surface area (Å²) in [6.07, 6.45) is 2.18. The molecule has 2 aromatic heterocycles. The molecule has 1 N–H and O–H groups in total. The molecule has 0 radical (unpaired) electrons. The van der Waals surface area contributed by atoms with Crippen LogP contribution in [0.2, 0.25) is 5.15 Å². The third-order valence-corrected chi connectivity index (χ3v) is 4.65. The lowest BCUT2D eigenvalue weighted by Gasteiger charge is -2.07. The second-order valence-corrected chi connectivity index (χ2v) is 6.83. The highest BCUT2D eigenvalue weighted by atomic mass is 35.5. The lowest BCUT2D eigenvalue weighted by Crippen LogP contribution is -2.29. The number of para-hydroxylation sites is 2. The Morgan fingerprint density at radius 2 is 1.79 bits per heavy atom. The average molecular weight is 407 g/mol. The highest BCUT2D eigenvalue weighted by Gasteiger charge is 2.13. The highest BCUT2D eigenvalue weighted by Crippen LogP contribution is 2.24. The quantitative estimate of drug-likeness (QED) is 0.474. The van der Waals surface area contributed by atoms with Crippen molar-refractivity contribution in [3.63, 3.8) is 0 Å². The van der Waals surface area contributed by atoms with Gasteiger partial charge in [-0.05, 0) is 35.9 Å². The molecule has 0 saturated heterocycles. The molecular formula is C22H19ClN4O2. The number of nitrogens with zero attached hydrogens (tertiary/aromatic N) is 3. The number of benzene rings is 2. The van der Waals surface area contributed by atoms with Crippen LogP contribution in [-0.2, 0) is 11.2 Å². The molecular weight excluding hydrogens is 388 g/mol. The Morgan fingerprint density at radius 1 is 1.00 bits per heavy atom. The van der Waals surface area contributed by atoms with Gasteiger partial charge in [0.1, 0.15) is 12.4 Å². The Hall–Kier alpha value is -3.38. The topological polar surface area (TPSA) is 69.0 Å². The molecule has 0 aliphatic carbocycles. The third-order valence-electron chi connectivity index (χ3n) is 4.45. The number of ether oxygens (including phenoxy) is 1. The summed E-state index contributed by atoms with van der Waals surface area (Å²) in [5, 5.41) is 12.3. The van der Waals surface area contributed by atoms with Gasteiger partial charge in [0.15, 0.2) is 11.0 Å². The first kappa shape index (κ1) is 19.0. The van der Waals surface area contributed by atoms with Crippen molar-refractivity contribution in [3.8, 4) is 11.6 Å². The fourth-order valence-corrected chi connectivity index (χ4v) is 3.23. The zero-order chi connectivity index (χ0) is 20.1. The Labute approximate surface area is 173 Å². The van der Waals surface area contributed by atoms with Gasteiger partial charge in [0.25, 0.3) is 0 Å². The van der Waals surface area contributed by atoms with Crippen LogP contribution in [0.5, 0.6) is 5.75 Å². The predicted octanol–water partition coefficient (Wildman–Crippen LogP) is 3.81. The Morgan fingerprint density at radius 3 is 2.59 bits per heavy atom. The van der Waals surface area contributed by atoms with E-state index in [0.29, 0.717) is 24.1 Å². The fraction of sp³-hybridized carbons (Fsp3) is 0.136. The molecule has 0 aliphatic rings. The van der Waals surface area contributed by atoms with E-state index in [9.17, 15) is 4.79 Å². The normalized spacial score (nSPS) is 10.8. The van der Waals surface area contributed by atoms with Gasteiger partial charge in [0.05, 0.1) is 18.5 Å². The van der Waals surface area contributed by atoms with E-state index in [2.05, 4.69) is 15.5 Å². The summed E-state index contributed by atoms with van der Waals surface area (Å²) in [5.41, 5.74) is 1.87. The number of rotatable bonds is 7. The molecule has 0 bridgehead atoms. The molecule has 4 aromatic rings. The second-order valence-electron chi connectivity index (χ2n) is 6.44. The molecule has 7 heteroatoms. The Balaban J connectivity index is 1.43. The molecule has 4 rings (SSSR count). The first-order valence-electron chi connectivity index (χ1n) is 9.24. The summed E-state index contributed by atoms with van der Waals surface area (Å²) in [7, 11) is 0. The molecule has 0 saturated carbocycles. The molecule has 0 fully saturated rings. The molecule has 29 heavy (non-hydrogen) atoms. The van der Waals surface area contributed by atoms with Gasteiger partial charge in [-0.25, -0.2) is 0 Å². The first-order chi connectivity index (χ1) is 14.2. The average Bonchev–Trinajstić information content (AvgIpc) is 3.11. The first-order valence-corrected chi connectivity index (χ1v) is 9.61. The lowest BCUT2D eigenvalue weighted by atomic mass is 10.1. The molecule has 1 amide bonds. The second kappa shape index (κ2) is 8.75. The fourth-order valence-electron chi connectivity index (χ4n) is 3.13. The number of hydrogen-bond donors (Lipinski definition) is 1. The molecule has 2 heterocycles. The van der Waals surface area contributed by atoms with E-state index in [4.69, 9.17) is 16.3 Å². The Bertz CT molecular complexity index is 1110. The van der Waals surface area contributed by atoms with Crippen molar-refractivity contribution in [3.05, 3.63) is 83.6 Å². The van der Waals surface area contributed by atoms with Crippen LogP contribution in [-0.4, -0.2) is 33.8 Å². The minimum absolute atomic E-state index is 0.0632. The molecule has 0 spiro atoms. The monoisotopic (exact) mass is 406 g/mol. The van der Waals surface area contributed by atoms with Crippen LogP contribution in [0, 0.1) is 0 Å². The predicted molar refractivity (Wildman–Crippen MR) is 113 cm³/mol. The van der Waals surface area contributed by atoms with Crippen molar-refractivity contribution in [2.75, 3.05) is 13.2 Å². The smallest absolute Gasteiger partial charge is 0.224 e. The van der Waals surface area contributed by atoms with Gasteiger partial charge in [-0.15, -0.1) is 10.2 Å². The van der Waals surface area contributed by atoms with E-state index < -0.39 is 0 Å². The summed E-state index contributed by atoms with van der Waals surface area (Å²) in [6.45, 7) is 0.854. The lowest BCUT2D eigenvalue weighted by molar-refractivity contribution is -0.120. The maximum absolute atomic E-state index is 12.4. The Kier molecular flexibility index (Phi) is 5.72. The number of carbonyl (C=O) groups excluding carboxylic acids is 1. The van der Waals surface area contributed by atoms with Crippen LogP contribution >= 0.6 is 11.6 Å². The van der Waals surface area contributed by atoms with Gasteiger partial charge in [0, 0.05) is 11.6 Å². The summed E-state index contributed by atoms with van der Waals surface area (Å²) in [4.78, 5) is 12.4. The third kappa shape index (κ3) is 4.55. The van der Waals surface area contributed by atoms with Crippen LogP contribution in [0.25, 0.3) is 16.7 Å². The maximum atomic E-state index is 12.4. The van der Waals surface area contributed by atoms with Gasteiger partial charge >= 0.3 is 0 Å². The van der Waals surface area contributed by atoms with E-state index in [1.54, 1.807) is 12.1 Å². The summed E-state index contributed by atoms with van der Waals surface area (Å²) in [5.74, 6) is 1.37. The maximum Gasteiger partial charge on any atom is 0.224 e.